The van der Waals surface area contributed by atoms with Crippen LogP contribution in [0.1, 0.15) is 29.6 Å². The third-order valence-corrected chi connectivity index (χ3v) is 1.91. The molecule has 0 unspecified atom stereocenters. The van der Waals surface area contributed by atoms with Crippen LogP contribution in [0.2, 0.25) is 0 Å². The van der Waals surface area contributed by atoms with Crippen LogP contribution >= 0.6 is 0 Å². The zero-order valence-electron chi connectivity index (χ0n) is 9.37. The van der Waals surface area contributed by atoms with Crippen molar-refractivity contribution >= 4 is 11.8 Å². The number of nitrogens with zero attached hydrogens (tertiary/aromatic N) is 1. The Bertz CT molecular complexity index is 373. The van der Waals surface area contributed by atoms with Crippen LogP contribution in [0.4, 0.5) is 0 Å². The van der Waals surface area contributed by atoms with Gasteiger partial charge in [0.1, 0.15) is 5.76 Å². The smallest absolute Gasteiger partial charge is 0.273 e. The largest absolute Gasteiger partial charge is 0.361 e. The molecule has 88 valence electrons. The maximum absolute atomic E-state index is 11.4. The molecule has 2 N–H and O–H groups in total. The molecular weight excluding hydrogens is 210 g/mol. The van der Waals surface area contributed by atoms with Crippen LogP contribution in [-0.4, -0.2) is 30.1 Å². The quantitative estimate of drug-likeness (QED) is 0.703. The molecule has 1 aromatic rings. The highest BCUT2D eigenvalue weighted by Crippen LogP contribution is 2.00. The lowest BCUT2D eigenvalue weighted by Crippen LogP contribution is -2.34. The van der Waals surface area contributed by atoms with Gasteiger partial charge in [-0.1, -0.05) is 12.1 Å². The molecule has 0 aliphatic carbocycles. The lowest BCUT2D eigenvalue weighted by Gasteiger charge is -2.04. The summed E-state index contributed by atoms with van der Waals surface area (Å²) in [6.45, 7) is 4.27. The van der Waals surface area contributed by atoms with E-state index in [-0.39, 0.29) is 17.5 Å². The number of hydrogen-bond acceptors (Lipinski definition) is 4. The Labute approximate surface area is 93.4 Å². The zero-order valence-corrected chi connectivity index (χ0v) is 9.37. The van der Waals surface area contributed by atoms with E-state index in [0.717, 1.165) is 0 Å². The van der Waals surface area contributed by atoms with Crippen LogP contribution in [0.3, 0.4) is 0 Å². The van der Waals surface area contributed by atoms with Gasteiger partial charge in [-0.3, -0.25) is 9.59 Å². The standard InChI is InChI=1S/C10H15N3O3/c1-3-9(14)11-4-5-12-10(15)8-6-7(2)16-13-8/h6H,3-5H2,1-2H3,(H,11,14)(H,12,15). The molecule has 1 rings (SSSR count). The summed E-state index contributed by atoms with van der Waals surface area (Å²) in [4.78, 5) is 22.3. The summed E-state index contributed by atoms with van der Waals surface area (Å²) < 4.78 is 4.77. The van der Waals surface area contributed by atoms with E-state index >= 15 is 0 Å². The Morgan fingerprint density at radius 3 is 2.62 bits per heavy atom. The Morgan fingerprint density at radius 1 is 1.38 bits per heavy atom. The van der Waals surface area contributed by atoms with Gasteiger partial charge >= 0.3 is 0 Å². The molecule has 16 heavy (non-hydrogen) atoms. The Kier molecular flexibility index (Phi) is 4.50. The second kappa shape index (κ2) is 5.89. The topological polar surface area (TPSA) is 84.2 Å². The highest BCUT2D eigenvalue weighted by molar-refractivity contribution is 5.92. The summed E-state index contributed by atoms with van der Waals surface area (Å²) in [5.74, 6) is 0.249. The Hall–Kier alpha value is -1.85. The van der Waals surface area contributed by atoms with E-state index in [9.17, 15) is 9.59 Å². The van der Waals surface area contributed by atoms with Crippen molar-refractivity contribution in [1.29, 1.82) is 0 Å². The fraction of sp³-hybridized carbons (Fsp3) is 0.500. The molecule has 0 saturated heterocycles. The Morgan fingerprint density at radius 2 is 2.06 bits per heavy atom. The first kappa shape index (κ1) is 12.2. The molecule has 0 saturated carbocycles. The van der Waals surface area contributed by atoms with Crippen LogP contribution in [0.25, 0.3) is 0 Å². The van der Waals surface area contributed by atoms with E-state index in [0.29, 0.717) is 25.3 Å². The average molecular weight is 225 g/mol. The molecule has 0 aromatic carbocycles. The van der Waals surface area contributed by atoms with E-state index in [1.165, 1.54) is 0 Å². The number of hydrogen-bond donors (Lipinski definition) is 2. The minimum Gasteiger partial charge on any atom is -0.361 e. The highest BCUT2D eigenvalue weighted by Gasteiger charge is 2.09. The molecule has 1 heterocycles. The number of amides is 2. The number of aryl methyl sites for hydroxylation is 1. The van der Waals surface area contributed by atoms with Crippen molar-refractivity contribution in [3.8, 4) is 0 Å². The van der Waals surface area contributed by atoms with Crippen molar-refractivity contribution in [2.24, 2.45) is 0 Å². The summed E-state index contributed by atoms with van der Waals surface area (Å²) >= 11 is 0. The number of nitrogens with one attached hydrogen (secondary N) is 2. The van der Waals surface area contributed by atoms with Crippen LogP contribution < -0.4 is 10.6 Å². The lowest BCUT2D eigenvalue weighted by molar-refractivity contribution is -0.120. The van der Waals surface area contributed by atoms with Crippen LogP contribution in [-0.2, 0) is 4.79 Å². The summed E-state index contributed by atoms with van der Waals surface area (Å²) in [6, 6.07) is 1.56. The van der Waals surface area contributed by atoms with E-state index < -0.39 is 0 Å². The second-order valence-electron chi connectivity index (χ2n) is 3.28. The molecular formula is C10H15N3O3. The van der Waals surface area contributed by atoms with Crippen molar-refractivity contribution in [2.75, 3.05) is 13.1 Å². The van der Waals surface area contributed by atoms with Gasteiger partial charge in [0.25, 0.3) is 5.91 Å². The van der Waals surface area contributed by atoms with Gasteiger partial charge < -0.3 is 15.2 Å². The fourth-order valence-electron chi connectivity index (χ4n) is 1.07. The summed E-state index contributed by atoms with van der Waals surface area (Å²) in [7, 11) is 0. The van der Waals surface area contributed by atoms with Crippen LogP contribution in [0.5, 0.6) is 0 Å². The molecule has 2 amide bonds. The van der Waals surface area contributed by atoms with Gasteiger partial charge in [-0.25, -0.2) is 0 Å². The summed E-state index contributed by atoms with van der Waals surface area (Å²) in [5, 5.41) is 8.83. The third kappa shape index (κ3) is 3.72. The molecule has 6 heteroatoms. The van der Waals surface area contributed by atoms with E-state index in [4.69, 9.17) is 4.52 Å². The van der Waals surface area contributed by atoms with Crippen LogP contribution in [0.15, 0.2) is 10.6 Å². The molecule has 0 aliphatic rings. The Balaban J connectivity index is 2.23. The number of carbonyl (C=O) groups is 2. The number of rotatable bonds is 5. The molecule has 6 nitrogen and oxygen atoms in total. The normalized spacial score (nSPS) is 9.88. The monoisotopic (exact) mass is 225 g/mol. The van der Waals surface area contributed by atoms with Gasteiger partial charge in [0.15, 0.2) is 5.69 Å². The van der Waals surface area contributed by atoms with Crippen molar-refractivity contribution in [1.82, 2.24) is 15.8 Å². The average Bonchev–Trinajstić information content (AvgIpc) is 2.70. The molecule has 0 fully saturated rings. The minimum absolute atomic E-state index is 0.0356. The van der Waals surface area contributed by atoms with Gasteiger partial charge in [-0.05, 0) is 6.92 Å². The van der Waals surface area contributed by atoms with Crippen LogP contribution in [0, 0.1) is 6.92 Å². The van der Waals surface area contributed by atoms with Gasteiger partial charge in [-0.15, -0.1) is 0 Å². The first-order valence-electron chi connectivity index (χ1n) is 5.11. The van der Waals surface area contributed by atoms with Crippen molar-refractivity contribution < 1.29 is 14.1 Å². The molecule has 1 aromatic heterocycles. The molecule has 0 aliphatic heterocycles. The fourth-order valence-corrected chi connectivity index (χ4v) is 1.07. The number of carbonyl (C=O) groups excluding carboxylic acids is 2. The molecule has 0 radical (unpaired) electrons. The van der Waals surface area contributed by atoms with Crippen molar-refractivity contribution in [3.63, 3.8) is 0 Å². The van der Waals surface area contributed by atoms with Crippen molar-refractivity contribution in [3.05, 3.63) is 17.5 Å². The minimum atomic E-state index is -0.303. The van der Waals surface area contributed by atoms with Gasteiger partial charge in [0.2, 0.25) is 5.91 Å². The first-order valence-corrected chi connectivity index (χ1v) is 5.11. The second-order valence-corrected chi connectivity index (χ2v) is 3.28. The molecule has 0 spiro atoms. The zero-order chi connectivity index (χ0) is 12.0. The first-order chi connectivity index (χ1) is 7.63. The third-order valence-electron chi connectivity index (χ3n) is 1.91. The SMILES string of the molecule is CCC(=O)NCCNC(=O)c1cc(C)on1. The van der Waals surface area contributed by atoms with E-state index in [2.05, 4.69) is 15.8 Å². The van der Waals surface area contributed by atoms with Gasteiger partial charge in [0, 0.05) is 25.6 Å². The number of aromatic nitrogens is 1. The van der Waals surface area contributed by atoms with E-state index in [1.54, 1.807) is 19.9 Å². The summed E-state index contributed by atoms with van der Waals surface area (Å²) in [6.07, 6.45) is 0.441. The molecule has 0 atom stereocenters. The van der Waals surface area contributed by atoms with Gasteiger partial charge in [0.05, 0.1) is 0 Å². The van der Waals surface area contributed by atoms with Crippen molar-refractivity contribution in [2.45, 2.75) is 20.3 Å². The predicted molar refractivity (Wildman–Crippen MR) is 56.9 cm³/mol. The maximum Gasteiger partial charge on any atom is 0.273 e. The predicted octanol–water partition coefficient (Wildman–Crippen LogP) is 0.239. The van der Waals surface area contributed by atoms with E-state index in [1.807, 2.05) is 0 Å². The highest BCUT2D eigenvalue weighted by atomic mass is 16.5. The van der Waals surface area contributed by atoms with Gasteiger partial charge in [-0.2, -0.15) is 0 Å². The summed E-state index contributed by atoms with van der Waals surface area (Å²) in [5.41, 5.74) is 0.249. The molecule has 0 bridgehead atoms. The maximum atomic E-state index is 11.4. The lowest BCUT2D eigenvalue weighted by atomic mass is 10.3.